The Hall–Kier alpha value is -3.03. The molecule has 1 saturated heterocycles. The third-order valence-electron chi connectivity index (χ3n) is 5.38. The van der Waals surface area contributed by atoms with Gasteiger partial charge in [-0.05, 0) is 55.7 Å². The highest BCUT2D eigenvalue weighted by Crippen LogP contribution is 2.39. The first-order valence-electron chi connectivity index (χ1n) is 10.5. The molecule has 6 nitrogen and oxygen atoms in total. The van der Waals surface area contributed by atoms with E-state index in [1.54, 1.807) is 11.8 Å². The van der Waals surface area contributed by atoms with Crippen LogP contribution in [0.1, 0.15) is 48.1 Å². The van der Waals surface area contributed by atoms with Crippen LogP contribution < -0.4 is 18.9 Å². The summed E-state index contributed by atoms with van der Waals surface area (Å²) in [5.74, 6) is 1.27. The van der Waals surface area contributed by atoms with Crippen LogP contribution in [-0.4, -0.2) is 43.8 Å². The molecule has 0 bridgehead atoms. The second-order valence-corrected chi connectivity index (χ2v) is 7.39. The highest BCUT2D eigenvalue weighted by atomic mass is 19.3. The molecule has 0 aromatic heterocycles. The highest BCUT2D eigenvalue weighted by molar-refractivity contribution is 5.95. The van der Waals surface area contributed by atoms with Crippen LogP contribution in [0, 0.1) is 0 Å². The summed E-state index contributed by atoms with van der Waals surface area (Å²) in [7, 11) is 0. The number of halogens is 2. The molecule has 1 unspecified atom stereocenters. The molecule has 2 aromatic rings. The fraction of sp³-hybridized carbons (Fsp3) is 0.435. The molecule has 1 atom stereocenters. The Morgan fingerprint density at radius 1 is 1.10 bits per heavy atom. The number of nitrogens with zero attached hydrogens (tertiary/aromatic N) is 1. The molecule has 1 amide bonds. The number of hydrogen-bond donors (Lipinski definition) is 0. The van der Waals surface area contributed by atoms with Crippen molar-refractivity contribution in [3.63, 3.8) is 0 Å². The molecule has 2 heterocycles. The topological polar surface area (TPSA) is 57.2 Å². The van der Waals surface area contributed by atoms with E-state index in [0.717, 1.165) is 24.8 Å². The van der Waals surface area contributed by atoms with E-state index in [2.05, 4.69) is 4.74 Å². The van der Waals surface area contributed by atoms with Crippen molar-refractivity contribution >= 4 is 5.91 Å². The average molecular weight is 433 g/mol. The molecular weight excluding hydrogens is 408 g/mol. The molecule has 0 spiro atoms. The van der Waals surface area contributed by atoms with Gasteiger partial charge in [-0.15, -0.1) is 0 Å². The molecule has 0 radical (unpaired) electrons. The fourth-order valence-electron chi connectivity index (χ4n) is 4.01. The molecule has 1 fully saturated rings. The minimum atomic E-state index is -2.97. The average Bonchev–Trinajstić information content (AvgIpc) is 3.13. The first kappa shape index (κ1) is 21.2. The second-order valence-electron chi connectivity index (χ2n) is 7.39. The van der Waals surface area contributed by atoms with Crippen LogP contribution in [0.25, 0.3) is 0 Å². The number of carbonyl (C=O) groups excluding carboxylic acids is 1. The number of amides is 1. The SMILES string of the molecule is CCOc1cc(C(=O)N2CCCC2c2ccc3c(c2)OCCCO3)ccc1OC(F)F. The van der Waals surface area contributed by atoms with Gasteiger partial charge in [0, 0.05) is 18.5 Å². The lowest BCUT2D eigenvalue weighted by molar-refractivity contribution is -0.0514. The molecule has 2 aliphatic heterocycles. The van der Waals surface area contributed by atoms with Gasteiger partial charge >= 0.3 is 6.61 Å². The number of hydrogen-bond acceptors (Lipinski definition) is 5. The maximum atomic E-state index is 13.3. The van der Waals surface area contributed by atoms with Crippen LogP contribution in [-0.2, 0) is 0 Å². The van der Waals surface area contributed by atoms with Crippen LogP contribution in [0.3, 0.4) is 0 Å². The monoisotopic (exact) mass is 433 g/mol. The zero-order valence-electron chi connectivity index (χ0n) is 17.3. The number of carbonyl (C=O) groups is 1. The van der Waals surface area contributed by atoms with E-state index in [0.29, 0.717) is 36.8 Å². The molecule has 8 heteroatoms. The first-order valence-corrected chi connectivity index (χ1v) is 10.5. The fourth-order valence-corrected chi connectivity index (χ4v) is 4.01. The van der Waals surface area contributed by atoms with Crippen molar-refractivity contribution in [1.82, 2.24) is 4.90 Å². The standard InChI is InChI=1S/C23H25F2NO5/c1-2-28-21-14-16(7-9-19(21)31-23(24)25)22(27)26-10-3-5-17(26)15-6-8-18-20(13-15)30-12-4-11-29-18/h6-9,13-14,17,23H,2-5,10-12H2,1H3. The third-order valence-corrected chi connectivity index (χ3v) is 5.38. The van der Waals surface area contributed by atoms with Crippen molar-refractivity contribution < 1.29 is 32.5 Å². The van der Waals surface area contributed by atoms with Crippen molar-refractivity contribution in [3.8, 4) is 23.0 Å². The predicted molar refractivity (Wildman–Crippen MR) is 109 cm³/mol. The second kappa shape index (κ2) is 9.41. The number of fused-ring (bicyclic) bond motifs is 1. The number of benzene rings is 2. The summed E-state index contributed by atoms with van der Waals surface area (Å²) < 4.78 is 46.7. The van der Waals surface area contributed by atoms with E-state index >= 15 is 0 Å². The Bertz CT molecular complexity index is 936. The highest BCUT2D eigenvalue weighted by Gasteiger charge is 2.32. The minimum absolute atomic E-state index is 0.0886. The van der Waals surface area contributed by atoms with E-state index in [-0.39, 0.29) is 30.1 Å². The Labute approximate surface area is 179 Å². The van der Waals surface area contributed by atoms with Crippen molar-refractivity contribution in [2.75, 3.05) is 26.4 Å². The van der Waals surface area contributed by atoms with Crippen LogP contribution in [0.15, 0.2) is 36.4 Å². The van der Waals surface area contributed by atoms with Gasteiger partial charge in [-0.3, -0.25) is 4.79 Å². The van der Waals surface area contributed by atoms with Crippen molar-refractivity contribution in [1.29, 1.82) is 0 Å². The van der Waals surface area contributed by atoms with Crippen LogP contribution in [0.5, 0.6) is 23.0 Å². The van der Waals surface area contributed by atoms with Gasteiger partial charge in [0.1, 0.15) is 0 Å². The maximum Gasteiger partial charge on any atom is 0.387 e. The summed E-state index contributed by atoms with van der Waals surface area (Å²) in [6.45, 7) is 0.854. The van der Waals surface area contributed by atoms with Crippen molar-refractivity contribution in [2.45, 2.75) is 38.8 Å². The number of likely N-dealkylation sites (tertiary alicyclic amines) is 1. The van der Waals surface area contributed by atoms with Crippen LogP contribution in [0.4, 0.5) is 8.78 Å². The van der Waals surface area contributed by atoms with Gasteiger partial charge in [-0.1, -0.05) is 6.07 Å². The maximum absolute atomic E-state index is 13.3. The van der Waals surface area contributed by atoms with Crippen molar-refractivity contribution in [2.24, 2.45) is 0 Å². The molecular formula is C23H25F2NO5. The molecule has 2 aromatic carbocycles. The Balaban J connectivity index is 1.58. The quantitative estimate of drug-likeness (QED) is 0.654. The van der Waals surface area contributed by atoms with Gasteiger partial charge in [0.15, 0.2) is 23.0 Å². The van der Waals surface area contributed by atoms with Gasteiger partial charge in [0.05, 0.1) is 25.9 Å². The summed E-state index contributed by atoms with van der Waals surface area (Å²) >= 11 is 0. The molecule has 2 aliphatic rings. The summed E-state index contributed by atoms with van der Waals surface area (Å²) in [5, 5.41) is 0. The Morgan fingerprint density at radius 2 is 1.90 bits per heavy atom. The normalized spacial score (nSPS) is 18.1. The largest absolute Gasteiger partial charge is 0.490 e. The molecule has 166 valence electrons. The van der Waals surface area contributed by atoms with E-state index in [9.17, 15) is 13.6 Å². The zero-order valence-corrected chi connectivity index (χ0v) is 17.3. The Kier molecular flexibility index (Phi) is 6.44. The van der Waals surface area contributed by atoms with Gasteiger partial charge in [-0.25, -0.2) is 0 Å². The third kappa shape index (κ3) is 4.68. The van der Waals surface area contributed by atoms with E-state index in [4.69, 9.17) is 14.2 Å². The Morgan fingerprint density at radius 3 is 2.68 bits per heavy atom. The number of ether oxygens (including phenoxy) is 4. The summed E-state index contributed by atoms with van der Waals surface area (Å²) in [5.41, 5.74) is 1.35. The lowest BCUT2D eigenvalue weighted by atomic mass is 10.0. The van der Waals surface area contributed by atoms with Crippen LogP contribution in [0.2, 0.25) is 0 Å². The summed E-state index contributed by atoms with van der Waals surface area (Å²) in [6.07, 6.45) is 2.53. The molecule has 4 rings (SSSR count). The smallest absolute Gasteiger partial charge is 0.387 e. The molecule has 31 heavy (non-hydrogen) atoms. The zero-order chi connectivity index (χ0) is 21.8. The molecule has 0 aliphatic carbocycles. The lowest BCUT2D eigenvalue weighted by Gasteiger charge is -2.26. The summed E-state index contributed by atoms with van der Waals surface area (Å²) in [4.78, 5) is 15.1. The van der Waals surface area contributed by atoms with Crippen molar-refractivity contribution in [3.05, 3.63) is 47.5 Å². The van der Waals surface area contributed by atoms with E-state index in [1.807, 2.05) is 18.2 Å². The predicted octanol–water partition coefficient (Wildman–Crippen LogP) is 4.83. The minimum Gasteiger partial charge on any atom is -0.490 e. The van der Waals surface area contributed by atoms with E-state index in [1.165, 1.54) is 18.2 Å². The molecule has 0 saturated carbocycles. The van der Waals surface area contributed by atoms with Gasteiger partial charge in [-0.2, -0.15) is 8.78 Å². The number of rotatable bonds is 6. The molecule has 0 N–H and O–H groups in total. The summed E-state index contributed by atoms with van der Waals surface area (Å²) in [6, 6.07) is 10.0. The van der Waals surface area contributed by atoms with E-state index < -0.39 is 6.61 Å². The van der Waals surface area contributed by atoms with Gasteiger partial charge < -0.3 is 23.8 Å². The van der Waals surface area contributed by atoms with Crippen LogP contribution >= 0.6 is 0 Å². The first-order chi connectivity index (χ1) is 15.1. The van der Waals surface area contributed by atoms with Gasteiger partial charge in [0.25, 0.3) is 5.91 Å². The number of alkyl halides is 2. The van der Waals surface area contributed by atoms with Gasteiger partial charge in [0.2, 0.25) is 0 Å². The lowest BCUT2D eigenvalue weighted by Crippen LogP contribution is -2.30.